The summed E-state index contributed by atoms with van der Waals surface area (Å²) in [4.78, 5) is 8.85. The van der Waals surface area contributed by atoms with Crippen LogP contribution in [0.1, 0.15) is 55.5 Å². The molecule has 3 saturated carbocycles. The Balaban J connectivity index is 1.18. The fourth-order valence-electron chi connectivity index (χ4n) is 7.98. The van der Waals surface area contributed by atoms with Gasteiger partial charge in [-0.05, 0) is 80.2 Å². The molecule has 6 heteroatoms. The zero-order chi connectivity index (χ0) is 25.1. The Morgan fingerprint density at radius 1 is 1.05 bits per heavy atom. The van der Waals surface area contributed by atoms with Crippen LogP contribution in [0.15, 0.2) is 48.5 Å². The maximum Gasteiger partial charge on any atom is 0.0906 e. The molecule has 0 spiro atoms. The standard InChI is InChI=1S/C31H39FN4O/c1-19-13-25-24-5-2-3-6-26(24)34-30(25)31(36(19)28-16-20-14-22(28)15-20)21-7-9-23(10-8-21)33-27-17-35(12-4-11-32)18-29(27)37/h2-3,5-10,19-20,22,27-29,31,33-34,37H,4,11-18H2,1H3/t19-,20?,22?,27-,28-,29-,31-/m1/s1. The molecule has 2 aliphatic heterocycles. The molecule has 0 radical (unpaired) electrons. The Kier molecular flexibility index (Phi) is 6.02. The van der Waals surface area contributed by atoms with E-state index in [4.69, 9.17) is 0 Å². The van der Waals surface area contributed by atoms with Crippen LogP contribution in [0.4, 0.5) is 10.1 Å². The van der Waals surface area contributed by atoms with Gasteiger partial charge in [-0.15, -0.1) is 0 Å². The van der Waals surface area contributed by atoms with Crippen molar-refractivity contribution < 1.29 is 9.50 Å². The number of aliphatic hydroxyl groups is 1. The van der Waals surface area contributed by atoms with Gasteiger partial charge in [0.2, 0.25) is 0 Å². The number of anilines is 1. The van der Waals surface area contributed by atoms with Crippen LogP contribution in [0.2, 0.25) is 0 Å². The van der Waals surface area contributed by atoms with Gasteiger partial charge in [0.05, 0.1) is 24.9 Å². The number of nitrogens with zero attached hydrogens (tertiary/aromatic N) is 2. The molecule has 0 unspecified atom stereocenters. The van der Waals surface area contributed by atoms with Crippen LogP contribution in [0.3, 0.4) is 0 Å². The van der Waals surface area contributed by atoms with Crippen molar-refractivity contribution in [3.63, 3.8) is 0 Å². The quantitative estimate of drug-likeness (QED) is 0.420. The molecule has 1 aromatic heterocycles. The number of fused-ring (bicyclic) bond motifs is 4. The van der Waals surface area contributed by atoms with Crippen LogP contribution >= 0.6 is 0 Å². The molecule has 37 heavy (non-hydrogen) atoms. The van der Waals surface area contributed by atoms with E-state index in [2.05, 4.69) is 75.6 Å². The van der Waals surface area contributed by atoms with Crippen molar-refractivity contribution in [1.29, 1.82) is 0 Å². The normalized spacial score (nSPS) is 33.5. The van der Waals surface area contributed by atoms with Crippen molar-refractivity contribution in [3.8, 4) is 0 Å². The maximum absolute atomic E-state index is 12.6. The molecule has 5 nitrogen and oxygen atoms in total. The zero-order valence-corrected chi connectivity index (χ0v) is 21.7. The molecule has 8 rings (SSSR count). The van der Waals surface area contributed by atoms with E-state index in [0.717, 1.165) is 30.5 Å². The van der Waals surface area contributed by atoms with Crippen LogP contribution in [0, 0.1) is 11.8 Å². The van der Waals surface area contributed by atoms with Gasteiger partial charge in [-0.25, -0.2) is 0 Å². The van der Waals surface area contributed by atoms with E-state index in [0.29, 0.717) is 31.6 Å². The number of β-amino-alcohol motifs (C(OH)–C–C–N with tert-alkyl or cyclic N) is 1. The van der Waals surface area contributed by atoms with Gasteiger partial charge >= 0.3 is 0 Å². The van der Waals surface area contributed by atoms with E-state index in [9.17, 15) is 9.50 Å². The third-order valence-corrected chi connectivity index (χ3v) is 9.75. The topological polar surface area (TPSA) is 54.5 Å². The number of hydrogen-bond donors (Lipinski definition) is 3. The van der Waals surface area contributed by atoms with Crippen molar-refractivity contribution in [1.82, 2.24) is 14.8 Å². The SMILES string of the molecule is C[C@@H]1Cc2c([nH]c3ccccc23)[C@@H](c2ccc(N[C@@H]3CN(CCCF)C[C@H]3O)cc2)N1[C@@H]1CC2CC1C2. The third kappa shape index (κ3) is 4.08. The highest BCUT2D eigenvalue weighted by atomic mass is 19.1. The summed E-state index contributed by atoms with van der Waals surface area (Å²) >= 11 is 0. The molecule has 0 amide bonds. The van der Waals surface area contributed by atoms with Gasteiger partial charge in [-0.3, -0.25) is 14.2 Å². The summed E-state index contributed by atoms with van der Waals surface area (Å²) in [6, 6.07) is 19.1. The van der Waals surface area contributed by atoms with Crippen LogP contribution in [0.5, 0.6) is 0 Å². The number of aliphatic hydroxyl groups excluding tert-OH is 1. The van der Waals surface area contributed by atoms with Crippen LogP contribution in [-0.4, -0.2) is 70.4 Å². The molecule has 2 bridgehead atoms. The minimum atomic E-state index is -0.434. The molecule has 3 N–H and O–H groups in total. The summed E-state index contributed by atoms with van der Waals surface area (Å²) in [5.41, 5.74) is 6.48. The van der Waals surface area contributed by atoms with E-state index < -0.39 is 6.10 Å². The van der Waals surface area contributed by atoms with Gasteiger partial charge in [0.25, 0.3) is 0 Å². The third-order valence-electron chi connectivity index (χ3n) is 9.75. The first-order valence-electron chi connectivity index (χ1n) is 14.3. The van der Waals surface area contributed by atoms with E-state index in [1.54, 1.807) is 0 Å². The fraction of sp³-hybridized carbons (Fsp3) is 0.548. The number of nitrogens with one attached hydrogen (secondary N) is 2. The Hall–Kier alpha value is -2.41. The van der Waals surface area contributed by atoms with E-state index in [1.807, 2.05) is 0 Å². The first-order chi connectivity index (χ1) is 18.1. The molecule has 5 atom stereocenters. The Labute approximate surface area is 219 Å². The maximum atomic E-state index is 12.6. The summed E-state index contributed by atoms with van der Waals surface area (Å²) in [5.74, 6) is 1.78. The summed E-state index contributed by atoms with van der Waals surface area (Å²) in [6.45, 7) is 4.19. The highest BCUT2D eigenvalue weighted by Gasteiger charge is 2.51. The number of likely N-dealkylation sites (tertiary alicyclic amines) is 1. The van der Waals surface area contributed by atoms with E-state index in [1.165, 1.54) is 47.0 Å². The average molecular weight is 503 g/mol. The number of alkyl halides is 1. The minimum Gasteiger partial charge on any atom is -0.390 e. The average Bonchev–Trinajstić information content (AvgIpc) is 3.65. The number of H-pyrrole nitrogens is 1. The molecule has 196 valence electrons. The molecule has 3 heterocycles. The zero-order valence-electron chi connectivity index (χ0n) is 21.7. The molecule has 3 aromatic rings. The summed E-state index contributed by atoms with van der Waals surface area (Å²) < 4.78 is 12.6. The molecular weight excluding hydrogens is 463 g/mol. The largest absolute Gasteiger partial charge is 0.390 e. The second-order valence-electron chi connectivity index (χ2n) is 12.1. The molecule has 2 aromatic carbocycles. The van der Waals surface area contributed by atoms with Crippen LogP contribution in [0.25, 0.3) is 10.9 Å². The molecular formula is C31H39FN4O. The Morgan fingerprint density at radius 3 is 2.62 bits per heavy atom. The molecule has 5 aliphatic rings. The van der Waals surface area contributed by atoms with E-state index in [-0.39, 0.29) is 18.8 Å². The second-order valence-corrected chi connectivity index (χ2v) is 12.1. The lowest BCUT2D eigenvalue weighted by molar-refractivity contribution is 0.0712. The first kappa shape index (κ1) is 23.7. The van der Waals surface area contributed by atoms with Gasteiger partial charge in [0.1, 0.15) is 0 Å². The highest BCUT2D eigenvalue weighted by molar-refractivity contribution is 5.85. The number of benzene rings is 2. The summed E-state index contributed by atoms with van der Waals surface area (Å²) in [5, 5.41) is 15.5. The first-order valence-corrected chi connectivity index (χ1v) is 14.3. The number of rotatable bonds is 7. The highest BCUT2D eigenvalue weighted by Crippen LogP contribution is 2.54. The van der Waals surface area contributed by atoms with Crippen LogP contribution < -0.4 is 5.32 Å². The van der Waals surface area contributed by atoms with Crippen molar-refractivity contribution in [2.24, 2.45) is 11.8 Å². The number of aromatic nitrogens is 1. The van der Waals surface area contributed by atoms with E-state index >= 15 is 0 Å². The summed E-state index contributed by atoms with van der Waals surface area (Å²) in [6.07, 6.45) is 5.37. The number of aromatic amines is 1. The van der Waals surface area contributed by atoms with Gasteiger partial charge in [0, 0.05) is 54.0 Å². The second kappa shape index (κ2) is 9.40. The molecule has 3 aliphatic carbocycles. The van der Waals surface area contributed by atoms with Gasteiger partial charge < -0.3 is 15.4 Å². The fourth-order valence-corrected chi connectivity index (χ4v) is 7.98. The number of halogens is 1. The predicted octanol–water partition coefficient (Wildman–Crippen LogP) is 5.12. The van der Waals surface area contributed by atoms with Gasteiger partial charge in [-0.1, -0.05) is 30.3 Å². The predicted molar refractivity (Wildman–Crippen MR) is 147 cm³/mol. The van der Waals surface area contributed by atoms with Crippen LogP contribution in [-0.2, 0) is 6.42 Å². The Morgan fingerprint density at radius 2 is 1.86 bits per heavy atom. The number of para-hydroxylation sites is 1. The van der Waals surface area contributed by atoms with Crippen molar-refractivity contribution in [3.05, 3.63) is 65.4 Å². The molecule has 4 fully saturated rings. The molecule has 1 saturated heterocycles. The smallest absolute Gasteiger partial charge is 0.0906 e. The lowest BCUT2D eigenvalue weighted by atomic mass is 9.82. The lowest BCUT2D eigenvalue weighted by Gasteiger charge is -2.46. The number of hydrogen-bond acceptors (Lipinski definition) is 4. The van der Waals surface area contributed by atoms with Crippen molar-refractivity contribution in [2.45, 2.75) is 69.3 Å². The monoisotopic (exact) mass is 502 g/mol. The van der Waals surface area contributed by atoms with Gasteiger partial charge in [-0.2, -0.15) is 0 Å². The minimum absolute atomic E-state index is 0.0257. The Bertz CT molecular complexity index is 1250. The van der Waals surface area contributed by atoms with Crippen molar-refractivity contribution >= 4 is 16.6 Å². The van der Waals surface area contributed by atoms with Gasteiger partial charge in [0.15, 0.2) is 0 Å². The lowest BCUT2D eigenvalue weighted by Crippen LogP contribution is -2.49. The summed E-state index contributed by atoms with van der Waals surface area (Å²) in [7, 11) is 0. The van der Waals surface area contributed by atoms with Crippen molar-refractivity contribution in [2.75, 3.05) is 31.6 Å².